The van der Waals surface area contributed by atoms with Crippen molar-refractivity contribution in [3.05, 3.63) is 70.8 Å². The molecule has 3 amide bonds. The van der Waals surface area contributed by atoms with Crippen LogP contribution in [-0.4, -0.2) is 84.1 Å². The number of piperazine rings is 1. The van der Waals surface area contributed by atoms with Crippen molar-refractivity contribution in [1.82, 2.24) is 25.4 Å². The molecule has 230 valence electrons. The number of carbonyl (C=O) groups excluding carboxylic acids is 3. The molecule has 4 rings (SSSR count). The zero-order chi connectivity index (χ0) is 30.9. The third-order valence-electron chi connectivity index (χ3n) is 7.06. The van der Waals surface area contributed by atoms with E-state index in [9.17, 15) is 23.2 Å². The molecule has 1 N–H and O–H groups in total. The molecule has 0 spiro atoms. The maximum atomic E-state index is 14.0. The van der Waals surface area contributed by atoms with Crippen LogP contribution in [0.3, 0.4) is 0 Å². The van der Waals surface area contributed by atoms with Gasteiger partial charge in [-0.15, -0.1) is 0 Å². The van der Waals surface area contributed by atoms with Crippen molar-refractivity contribution in [1.29, 1.82) is 0 Å². The van der Waals surface area contributed by atoms with Crippen LogP contribution in [0.25, 0.3) is 11.3 Å². The Morgan fingerprint density at radius 1 is 1.16 bits per heavy atom. The van der Waals surface area contributed by atoms with E-state index < -0.39 is 23.6 Å². The second kappa shape index (κ2) is 15.0. The average Bonchev–Trinajstić information content (AvgIpc) is 3.48. The molecule has 11 nitrogen and oxygen atoms in total. The minimum absolute atomic E-state index is 0.00950. The van der Waals surface area contributed by atoms with Gasteiger partial charge in [0.05, 0.1) is 17.7 Å². The zero-order valence-corrected chi connectivity index (χ0v) is 24.6. The van der Waals surface area contributed by atoms with E-state index in [0.717, 1.165) is 18.2 Å². The largest absolute Gasteiger partial charge is 0.340 e. The van der Waals surface area contributed by atoms with Crippen LogP contribution < -0.4 is 10.5 Å². The summed E-state index contributed by atoms with van der Waals surface area (Å²) in [6.07, 6.45) is 0.656. The lowest BCUT2D eigenvalue weighted by molar-refractivity contribution is -0.140. The molecule has 1 saturated heterocycles. The molecule has 3 aromatic rings. The van der Waals surface area contributed by atoms with Gasteiger partial charge < -0.3 is 14.3 Å². The normalized spacial score (nSPS) is 14.4. The second-order valence-corrected chi connectivity index (χ2v) is 10.5. The van der Waals surface area contributed by atoms with Crippen molar-refractivity contribution >= 4 is 35.7 Å². The summed E-state index contributed by atoms with van der Waals surface area (Å²) < 4.78 is 32.9. The Kier molecular flexibility index (Phi) is 11.2. The van der Waals surface area contributed by atoms with Crippen LogP contribution in [0, 0.1) is 11.6 Å². The van der Waals surface area contributed by atoms with Gasteiger partial charge in [-0.1, -0.05) is 41.0 Å². The quantitative estimate of drug-likeness (QED) is 0.228. The molecule has 43 heavy (non-hydrogen) atoms. The number of halogens is 3. The lowest BCUT2D eigenvalue weighted by Crippen LogP contribution is -2.52. The summed E-state index contributed by atoms with van der Waals surface area (Å²) in [7, 11) is 1.99. The van der Waals surface area contributed by atoms with Crippen LogP contribution in [0.4, 0.5) is 14.7 Å². The highest BCUT2D eigenvalue weighted by Crippen LogP contribution is 2.25. The molecule has 1 atom stereocenters. The molecular formula is C29H33ClF2N6O5. The Morgan fingerprint density at radius 3 is 2.60 bits per heavy atom. The first-order valence-corrected chi connectivity index (χ1v) is 14.1. The molecule has 1 aromatic heterocycles. The predicted octanol–water partition coefficient (Wildman–Crippen LogP) is 3.64. The fourth-order valence-electron chi connectivity index (χ4n) is 4.61. The van der Waals surface area contributed by atoms with Crippen molar-refractivity contribution in [3.63, 3.8) is 0 Å². The first kappa shape index (κ1) is 32.0. The Hall–Kier alpha value is -3.91. The zero-order valence-electron chi connectivity index (χ0n) is 23.8. The van der Waals surface area contributed by atoms with E-state index in [-0.39, 0.29) is 48.5 Å². The fourth-order valence-corrected chi connectivity index (χ4v) is 4.80. The van der Waals surface area contributed by atoms with Crippen molar-refractivity contribution in [2.24, 2.45) is 0 Å². The van der Waals surface area contributed by atoms with E-state index in [2.05, 4.69) is 15.5 Å². The summed E-state index contributed by atoms with van der Waals surface area (Å²) in [5, 5.41) is 5.88. The number of hydrazine groups is 1. The van der Waals surface area contributed by atoms with Gasteiger partial charge in [-0.3, -0.25) is 24.2 Å². The average molecular weight is 619 g/mol. The molecule has 2 heterocycles. The van der Waals surface area contributed by atoms with Gasteiger partial charge >= 0.3 is 0 Å². The van der Waals surface area contributed by atoms with Crippen LogP contribution in [0.1, 0.15) is 25.3 Å². The standard InChI is InChI=1S/C29H33ClF2N6O5/c1-20(40)38(33-17-22-6-4-8-25(32)29(22)30)24(9-10-27(41)36-13-11-35(2)12-14-36)18-42-37(19-39)28-16-26(34-43-28)21-5-3-7-23(31)15-21/h3-8,15-16,19,24,33H,9-14,17-18H2,1-2H3/t24-/m0/s1. The first-order valence-electron chi connectivity index (χ1n) is 13.7. The smallest absolute Gasteiger partial charge is 0.258 e. The molecule has 1 aliphatic rings. The van der Waals surface area contributed by atoms with Gasteiger partial charge in [-0.25, -0.2) is 14.2 Å². The summed E-state index contributed by atoms with van der Waals surface area (Å²) in [6.45, 7) is 3.83. The van der Waals surface area contributed by atoms with Crippen LogP contribution in [0.5, 0.6) is 0 Å². The van der Waals surface area contributed by atoms with Gasteiger partial charge in [0.15, 0.2) is 0 Å². The number of likely N-dealkylation sites (N-methyl/N-ethyl adjacent to an activating group) is 1. The lowest BCUT2D eigenvalue weighted by Gasteiger charge is -2.34. The maximum Gasteiger partial charge on any atom is 0.258 e. The van der Waals surface area contributed by atoms with Gasteiger partial charge in [-0.2, -0.15) is 5.06 Å². The van der Waals surface area contributed by atoms with E-state index in [1.54, 1.807) is 17.0 Å². The number of hydrogen-bond donors (Lipinski definition) is 1. The predicted molar refractivity (Wildman–Crippen MR) is 154 cm³/mol. The molecule has 1 aliphatic heterocycles. The van der Waals surface area contributed by atoms with E-state index in [0.29, 0.717) is 30.6 Å². The number of hydrogen-bond acceptors (Lipinski definition) is 8. The van der Waals surface area contributed by atoms with Gasteiger partial charge in [0.2, 0.25) is 18.2 Å². The number of nitrogens with zero attached hydrogens (tertiary/aromatic N) is 5. The topological polar surface area (TPSA) is 111 Å². The van der Waals surface area contributed by atoms with Gasteiger partial charge in [0.1, 0.15) is 17.3 Å². The number of nitrogens with one attached hydrogen (secondary N) is 1. The SMILES string of the molecule is CC(=O)N(NCc1cccc(F)c1Cl)[C@@H](CCC(=O)N1CCN(C)CC1)CON(C=O)c1cc(-c2cccc(F)c2)no1. The highest BCUT2D eigenvalue weighted by molar-refractivity contribution is 6.31. The Balaban J connectivity index is 1.49. The van der Waals surface area contributed by atoms with Crippen LogP contribution in [-0.2, 0) is 25.8 Å². The number of anilines is 1. The minimum atomic E-state index is -0.741. The maximum absolute atomic E-state index is 14.0. The molecule has 1 fully saturated rings. The molecule has 0 bridgehead atoms. The van der Waals surface area contributed by atoms with Gasteiger partial charge in [-0.05, 0) is 37.2 Å². The minimum Gasteiger partial charge on any atom is -0.340 e. The number of benzene rings is 2. The first-order chi connectivity index (χ1) is 20.7. The van der Waals surface area contributed by atoms with Gasteiger partial charge in [0.25, 0.3) is 5.88 Å². The summed E-state index contributed by atoms with van der Waals surface area (Å²) in [6, 6.07) is 10.7. The number of carbonyl (C=O) groups is 3. The molecule has 0 unspecified atom stereocenters. The second-order valence-electron chi connectivity index (χ2n) is 10.1. The van der Waals surface area contributed by atoms with E-state index in [4.69, 9.17) is 21.0 Å². The van der Waals surface area contributed by atoms with Crippen LogP contribution >= 0.6 is 11.6 Å². The fraction of sp³-hybridized carbons (Fsp3) is 0.379. The number of amides is 3. The monoisotopic (exact) mass is 618 g/mol. The molecule has 0 radical (unpaired) electrons. The molecule has 0 aliphatic carbocycles. The Morgan fingerprint density at radius 2 is 1.91 bits per heavy atom. The number of aromatic nitrogens is 1. The van der Waals surface area contributed by atoms with Crippen molar-refractivity contribution in [3.8, 4) is 11.3 Å². The molecule has 14 heteroatoms. The summed E-state index contributed by atoms with van der Waals surface area (Å²) >= 11 is 6.10. The third kappa shape index (κ3) is 8.57. The van der Waals surface area contributed by atoms with Gasteiger partial charge in [0, 0.05) is 57.7 Å². The highest BCUT2D eigenvalue weighted by atomic mass is 35.5. The van der Waals surface area contributed by atoms with E-state index in [1.807, 2.05) is 7.05 Å². The van der Waals surface area contributed by atoms with Crippen LogP contribution in [0.15, 0.2) is 53.1 Å². The van der Waals surface area contributed by atoms with E-state index >= 15 is 0 Å². The highest BCUT2D eigenvalue weighted by Gasteiger charge is 2.27. The van der Waals surface area contributed by atoms with Crippen molar-refractivity contribution in [2.45, 2.75) is 32.4 Å². The summed E-state index contributed by atoms with van der Waals surface area (Å²) in [5.74, 6) is -1.61. The van der Waals surface area contributed by atoms with E-state index in [1.165, 1.54) is 48.3 Å². The molecular weight excluding hydrogens is 586 g/mol. The summed E-state index contributed by atoms with van der Waals surface area (Å²) in [4.78, 5) is 47.4. The number of hydroxylamine groups is 1. The van der Waals surface area contributed by atoms with Crippen molar-refractivity contribution in [2.75, 3.05) is 44.9 Å². The third-order valence-corrected chi connectivity index (χ3v) is 7.48. The lowest BCUT2D eigenvalue weighted by atomic mass is 10.1. The molecule has 0 saturated carbocycles. The number of rotatable bonds is 13. The Labute approximate surface area is 252 Å². The van der Waals surface area contributed by atoms with Crippen molar-refractivity contribution < 1.29 is 32.5 Å². The molecule has 2 aromatic carbocycles. The summed E-state index contributed by atoms with van der Waals surface area (Å²) in [5.41, 5.74) is 4.10. The van der Waals surface area contributed by atoms with Crippen LogP contribution in [0.2, 0.25) is 5.02 Å². The Bertz CT molecular complexity index is 1420.